The highest BCUT2D eigenvalue weighted by Crippen LogP contribution is 2.26. The van der Waals surface area contributed by atoms with E-state index in [-0.39, 0.29) is 5.57 Å². The molecule has 0 aliphatic heterocycles. The first-order valence-electron chi connectivity index (χ1n) is 3.74. The van der Waals surface area contributed by atoms with Crippen molar-refractivity contribution in [1.82, 2.24) is 0 Å². The zero-order chi connectivity index (χ0) is 10.6. The largest absolute Gasteiger partial charge is 0.762 e. The van der Waals surface area contributed by atoms with Crippen molar-refractivity contribution in [2.45, 2.75) is 0 Å². The van der Waals surface area contributed by atoms with E-state index in [1.807, 2.05) is 0 Å². The van der Waals surface area contributed by atoms with E-state index in [0.717, 1.165) is 0 Å². The van der Waals surface area contributed by atoms with Crippen molar-refractivity contribution in [2.75, 3.05) is 7.11 Å². The quantitative estimate of drug-likeness (QED) is 0.550. The van der Waals surface area contributed by atoms with Crippen LogP contribution in [0, 0.1) is 11.3 Å². The molecule has 0 aliphatic rings. The molecule has 0 fully saturated rings. The van der Waals surface area contributed by atoms with Gasteiger partial charge in [0.25, 0.3) is 0 Å². The fourth-order valence-electron chi connectivity index (χ4n) is 0.976. The molecule has 0 saturated heterocycles. The average Bonchev–Trinajstić information content (AvgIpc) is 2.20. The molecule has 1 aromatic rings. The highest BCUT2D eigenvalue weighted by molar-refractivity contribution is 6.32. The molecule has 14 heavy (non-hydrogen) atoms. The summed E-state index contributed by atoms with van der Waals surface area (Å²) in [6.07, 6.45) is 0. The van der Waals surface area contributed by atoms with Crippen molar-refractivity contribution in [1.29, 1.82) is 5.26 Å². The number of rotatable bonds is 2. The van der Waals surface area contributed by atoms with E-state index in [2.05, 4.69) is 0 Å². The van der Waals surface area contributed by atoms with E-state index in [9.17, 15) is 0 Å². The highest BCUT2D eigenvalue weighted by atomic mass is 35.5. The first-order chi connectivity index (χ1) is 6.72. The van der Waals surface area contributed by atoms with Crippen LogP contribution in [0.4, 0.5) is 0 Å². The van der Waals surface area contributed by atoms with Crippen LogP contribution in [-0.4, -0.2) is 13.0 Å². The lowest BCUT2D eigenvalue weighted by Gasteiger charge is -2.04. The number of methoxy groups -OCH3 is 1. The number of benzene rings is 1. The van der Waals surface area contributed by atoms with Crippen molar-refractivity contribution >= 4 is 23.0 Å². The van der Waals surface area contributed by atoms with Crippen LogP contribution in [0.25, 0.3) is 11.0 Å². The molecule has 0 unspecified atom stereocenters. The van der Waals surface area contributed by atoms with Crippen LogP contribution in [0.3, 0.4) is 0 Å². The van der Waals surface area contributed by atoms with Crippen LogP contribution in [0.1, 0.15) is 5.56 Å². The number of hydrogen-bond donors (Lipinski definition) is 0. The Morgan fingerprint density at radius 1 is 1.57 bits per heavy atom. The Balaban J connectivity index is 3.23. The maximum atomic E-state index is 8.61. The van der Waals surface area contributed by atoms with Crippen molar-refractivity contribution < 1.29 is 4.74 Å². The van der Waals surface area contributed by atoms with Crippen molar-refractivity contribution in [3.8, 4) is 11.8 Å². The predicted molar refractivity (Wildman–Crippen MR) is 55.4 cm³/mol. The fourth-order valence-corrected chi connectivity index (χ4v) is 1.23. The molecule has 70 valence electrons. The van der Waals surface area contributed by atoms with Crippen molar-refractivity contribution in [3.05, 3.63) is 34.2 Å². The minimum Gasteiger partial charge on any atom is -0.762 e. The molecule has 1 aromatic carbocycles. The molecule has 0 spiro atoms. The lowest BCUT2D eigenvalue weighted by molar-refractivity contribution is 0.415. The second-order valence-electron chi connectivity index (χ2n) is 2.45. The second kappa shape index (κ2) is 4.48. The molecule has 1 rings (SSSR count). The van der Waals surface area contributed by atoms with Gasteiger partial charge in [-0.25, -0.2) is 5.87 Å². The van der Waals surface area contributed by atoms with Crippen LogP contribution in [0.5, 0.6) is 5.75 Å². The summed E-state index contributed by atoms with van der Waals surface area (Å²) in [7, 11) is 1.50. The Morgan fingerprint density at radius 3 is 2.71 bits per heavy atom. The van der Waals surface area contributed by atoms with Gasteiger partial charge < -0.3 is 10.1 Å². The van der Waals surface area contributed by atoms with E-state index in [1.54, 1.807) is 24.1 Å². The monoisotopic (exact) mass is 205 g/mol. The summed E-state index contributed by atoms with van der Waals surface area (Å²) >= 11 is 5.83. The topological polar surface area (TPSA) is 55.3 Å². The molecule has 0 radical (unpaired) electrons. The molecule has 4 heteroatoms. The van der Waals surface area contributed by atoms with E-state index in [0.29, 0.717) is 16.3 Å². The average molecular weight is 206 g/mol. The lowest BCUT2D eigenvalue weighted by Crippen LogP contribution is -1.87. The molecule has 0 aromatic heterocycles. The van der Waals surface area contributed by atoms with E-state index in [1.165, 1.54) is 13.2 Å². The number of allylic oxidation sites excluding steroid dienone is 1. The van der Waals surface area contributed by atoms with Gasteiger partial charge in [-0.3, -0.25) is 0 Å². The molecular weight excluding hydrogens is 200 g/mol. The Morgan fingerprint density at radius 2 is 2.29 bits per heavy atom. The summed E-state index contributed by atoms with van der Waals surface area (Å²) in [5.41, 5.74) is 0.537. The third-order valence-electron chi connectivity index (χ3n) is 1.66. The standard InChI is InChI=1S/C10H6ClN2O/c1-14-10-3-2-7(4-9(10)11)8(5-12)6-13/h2-4H,1H3/q-1. The Labute approximate surface area is 86.7 Å². The smallest absolute Gasteiger partial charge is 0.137 e. The van der Waals surface area contributed by atoms with E-state index < -0.39 is 0 Å². The number of hydrogen-bond acceptors (Lipinski definition) is 2. The third-order valence-corrected chi connectivity index (χ3v) is 1.96. The van der Waals surface area contributed by atoms with Gasteiger partial charge in [-0.05, 0) is 18.2 Å². The molecule has 3 nitrogen and oxygen atoms in total. The molecule has 0 bridgehead atoms. The first-order valence-corrected chi connectivity index (χ1v) is 4.11. The SMILES string of the molecule is COc1ccc(C(=C=[N-])C#N)cc1Cl. The minimum absolute atomic E-state index is 0.0366. The van der Waals surface area contributed by atoms with Gasteiger partial charge in [0.2, 0.25) is 0 Å². The Bertz CT molecular complexity index is 442. The minimum atomic E-state index is 0.0366. The number of nitriles is 1. The normalized spacial score (nSPS) is 8.64. The van der Waals surface area contributed by atoms with Crippen molar-refractivity contribution in [2.24, 2.45) is 0 Å². The third kappa shape index (κ3) is 1.94. The molecule has 0 aliphatic carbocycles. The summed E-state index contributed by atoms with van der Waals surface area (Å²) in [5.74, 6) is 2.31. The summed E-state index contributed by atoms with van der Waals surface area (Å²) < 4.78 is 4.94. The van der Waals surface area contributed by atoms with E-state index in [4.69, 9.17) is 27.0 Å². The van der Waals surface area contributed by atoms with Crippen LogP contribution < -0.4 is 4.74 Å². The number of ether oxygens (including phenoxy) is 1. The van der Waals surface area contributed by atoms with Crippen LogP contribution in [0.2, 0.25) is 5.02 Å². The maximum absolute atomic E-state index is 8.61. The molecular formula is C10H6ClN2O-. The van der Waals surface area contributed by atoms with Gasteiger partial charge >= 0.3 is 0 Å². The maximum Gasteiger partial charge on any atom is 0.137 e. The van der Waals surface area contributed by atoms with Gasteiger partial charge in [0.1, 0.15) is 11.8 Å². The molecule has 0 heterocycles. The number of nitrogens with zero attached hydrogens (tertiary/aromatic N) is 2. The first kappa shape index (κ1) is 10.3. The summed E-state index contributed by atoms with van der Waals surface area (Å²) in [6, 6.07) is 6.55. The van der Waals surface area contributed by atoms with Gasteiger partial charge in [0.05, 0.1) is 17.7 Å². The fraction of sp³-hybridized carbons (Fsp3) is 0.100. The van der Waals surface area contributed by atoms with Crippen LogP contribution in [0.15, 0.2) is 18.2 Å². The number of halogens is 1. The zero-order valence-corrected chi connectivity index (χ0v) is 8.17. The Hall–Kier alpha value is -1.75. The second-order valence-corrected chi connectivity index (χ2v) is 2.86. The molecule has 0 saturated carbocycles. The predicted octanol–water partition coefficient (Wildman–Crippen LogP) is 2.49. The zero-order valence-electron chi connectivity index (χ0n) is 7.41. The van der Waals surface area contributed by atoms with Gasteiger partial charge in [-0.2, -0.15) is 5.26 Å². The van der Waals surface area contributed by atoms with Gasteiger partial charge in [0, 0.05) is 5.56 Å². The van der Waals surface area contributed by atoms with E-state index >= 15 is 0 Å². The van der Waals surface area contributed by atoms with Crippen molar-refractivity contribution in [3.63, 3.8) is 0 Å². The molecule has 0 amide bonds. The van der Waals surface area contributed by atoms with Crippen LogP contribution >= 0.6 is 11.6 Å². The highest BCUT2D eigenvalue weighted by Gasteiger charge is 2.03. The van der Waals surface area contributed by atoms with Gasteiger partial charge in [-0.15, -0.1) is 0 Å². The summed E-state index contributed by atoms with van der Waals surface area (Å²) in [5, 5.41) is 17.6. The summed E-state index contributed by atoms with van der Waals surface area (Å²) in [6.45, 7) is 0. The Kier molecular flexibility index (Phi) is 3.30. The lowest BCUT2D eigenvalue weighted by atomic mass is 10.1. The van der Waals surface area contributed by atoms with Gasteiger partial charge in [0.15, 0.2) is 0 Å². The molecule has 0 atom stereocenters. The summed E-state index contributed by atoms with van der Waals surface area (Å²) in [4.78, 5) is 0. The molecule has 0 N–H and O–H groups in total. The van der Waals surface area contributed by atoms with Crippen LogP contribution in [-0.2, 0) is 0 Å². The van der Waals surface area contributed by atoms with Gasteiger partial charge in [-0.1, -0.05) is 11.6 Å².